The van der Waals surface area contributed by atoms with E-state index in [1.165, 1.54) is 0 Å². The van der Waals surface area contributed by atoms with Crippen LogP contribution in [-0.2, 0) is 0 Å². The number of pyridine rings is 1. The number of carbonyl (C=O) groups is 1. The van der Waals surface area contributed by atoms with Crippen LogP contribution in [0.1, 0.15) is 10.4 Å². The van der Waals surface area contributed by atoms with Gasteiger partial charge in [0.15, 0.2) is 0 Å². The third kappa shape index (κ3) is 1.91. The van der Waals surface area contributed by atoms with Crippen LogP contribution in [0.2, 0.25) is 0 Å². The van der Waals surface area contributed by atoms with Gasteiger partial charge in [-0.15, -0.1) is 0 Å². The first kappa shape index (κ1) is 11.3. The Hall–Kier alpha value is -2.82. The molecular formula is C14H12N4O. The molecule has 0 aliphatic carbocycles. The van der Waals surface area contributed by atoms with Crippen molar-refractivity contribution in [3.8, 4) is 11.3 Å². The second-order valence-electron chi connectivity index (χ2n) is 4.27. The van der Waals surface area contributed by atoms with Gasteiger partial charge >= 0.3 is 0 Å². The average molecular weight is 252 g/mol. The summed E-state index contributed by atoms with van der Waals surface area (Å²) in [6, 6.07) is 10.9. The zero-order valence-electron chi connectivity index (χ0n) is 10.1. The minimum absolute atomic E-state index is 0.401. The molecule has 5 heteroatoms. The highest BCUT2D eigenvalue weighted by molar-refractivity contribution is 5.98. The van der Waals surface area contributed by atoms with Crippen molar-refractivity contribution < 1.29 is 4.79 Å². The van der Waals surface area contributed by atoms with Gasteiger partial charge in [-0.2, -0.15) is 0 Å². The van der Waals surface area contributed by atoms with Crippen molar-refractivity contribution in [3.63, 3.8) is 0 Å². The fourth-order valence-corrected chi connectivity index (χ4v) is 2.04. The van der Waals surface area contributed by atoms with Crippen molar-refractivity contribution in [2.24, 2.45) is 5.73 Å². The molecule has 0 atom stereocenters. The Labute approximate surface area is 109 Å². The minimum Gasteiger partial charge on any atom is -0.399 e. The number of primary amides is 1. The van der Waals surface area contributed by atoms with Crippen LogP contribution in [0.25, 0.3) is 16.9 Å². The molecule has 0 aliphatic heterocycles. The number of carbonyl (C=O) groups excluding carboxylic acids is 1. The topological polar surface area (TPSA) is 86.4 Å². The number of hydrogen-bond acceptors (Lipinski definition) is 3. The summed E-state index contributed by atoms with van der Waals surface area (Å²) in [7, 11) is 0. The number of nitrogen functional groups attached to an aromatic ring is 1. The SMILES string of the molecule is NC(=O)c1cccn2cc(-c3cccc(N)c3)nc12. The number of aromatic nitrogens is 2. The summed E-state index contributed by atoms with van der Waals surface area (Å²) in [5.41, 5.74) is 14.4. The molecule has 0 fully saturated rings. The van der Waals surface area contributed by atoms with Gasteiger partial charge in [0.05, 0.1) is 11.3 Å². The number of imidazole rings is 1. The standard InChI is InChI=1S/C14H12N4O/c15-10-4-1-3-9(7-10)12-8-18-6-2-5-11(13(16)19)14(18)17-12/h1-8H,15H2,(H2,16,19). The van der Waals surface area contributed by atoms with E-state index in [0.717, 1.165) is 11.3 Å². The average Bonchev–Trinajstić information content (AvgIpc) is 2.82. The monoisotopic (exact) mass is 252 g/mol. The van der Waals surface area contributed by atoms with E-state index < -0.39 is 5.91 Å². The molecule has 3 aromatic rings. The summed E-state index contributed by atoms with van der Waals surface area (Å²) < 4.78 is 1.78. The van der Waals surface area contributed by atoms with Gasteiger partial charge in [-0.1, -0.05) is 12.1 Å². The van der Waals surface area contributed by atoms with Crippen molar-refractivity contribution in [1.82, 2.24) is 9.38 Å². The first-order chi connectivity index (χ1) is 9.15. The summed E-state index contributed by atoms with van der Waals surface area (Å²) >= 11 is 0. The highest BCUT2D eigenvalue weighted by atomic mass is 16.1. The van der Waals surface area contributed by atoms with Crippen molar-refractivity contribution in [2.75, 3.05) is 5.73 Å². The summed E-state index contributed by atoms with van der Waals surface area (Å²) in [5.74, 6) is -0.490. The van der Waals surface area contributed by atoms with Crippen LogP contribution in [0.5, 0.6) is 0 Å². The number of nitrogens with two attached hydrogens (primary N) is 2. The van der Waals surface area contributed by atoms with Gasteiger partial charge < -0.3 is 15.9 Å². The molecule has 0 aliphatic rings. The minimum atomic E-state index is -0.490. The molecule has 1 aromatic carbocycles. The lowest BCUT2D eigenvalue weighted by Gasteiger charge is -1.97. The van der Waals surface area contributed by atoms with Crippen LogP contribution in [0.15, 0.2) is 48.8 Å². The summed E-state index contributed by atoms with van der Waals surface area (Å²) in [6.45, 7) is 0. The molecule has 0 saturated carbocycles. The summed E-state index contributed by atoms with van der Waals surface area (Å²) in [5, 5.41) is 0. The van der Waals surface area contributed by atoms with E-state index in [-0.39, 0.29) is 0 Å². The quantitative estimate of drug-likeness (QED) is 0.680. The van der Waals surface area contributed by atoms with Gasteiger partial charge in [-0.05, 0) is 24.3 Å². The molecule has 5 nitrogen and oxygen atoms in total. The van der Waals surface area contributed by atoms with Gasteiger partial charge in [0, 0.05) is 23.6 Å². The molecule has 94 valence electrons. The number of hydrogen-bond donors (Lipinski definition) is 2. The van der Waals surface area contributed by atoms with Crippen LogP contribution >= 0.6 is 0 Å². The third-order valence-corrected chi connectivity index (χ3v) is 2.93. The second-order valence-corrected chi connectivity index (χ2v) is 4.27. The van der Waals surface area contributed by atoms with Crippen molar-refractivity contribution in [3.05, 3.63) is 54.4 Å². The lowest BCUT2D eigenvalue weighted by Crippen LogP contribution is -2.12. The number of rotatable bonds is 2. The lowest BCUT2D eigenvalue weighted by atomic mass is 10.1. The van der Waals surface area contributed by atoms with Gasteiger partial charge in [0.25, 0.3) is 5.91 Å². The Kier molecular flexibility index (Phi) is 2.45. The van der Waals surface area contributed by atoms with Crippen LogP contribution < -0.4 is 11.5 Å². The Balaban J connectivity index is 2.22. The number of amides is 1. The Morgan fingerprint density at radius 2 is 2.05 bits per heavy atom. The molecular weight excluding hydrogens is 240 g/mol. The van der Waals surface area contributed by atoms with Crippen molar-refractivity contribution in [1.29, 1.82) is 0 Å². The zero-order chi connectivity index (χ0) is 13.4. The number of benzene rings is 1. The molecule has 1 amide bonds. The Morgan fingerprint density at radius 3 is 2.79 bits per heavy atom. The van der Waals surface area contributed by atoms with E-state index in [2.05, 4.69) is 4.98 Å². The van der Waals surface area contributed by atoms with Gasteiger partial charge in [-0.25, -0.2) is 4.98 Å². The molecule has 2 aromatic heterocycles. The van der Waals surface area contributed by atoms with E-state index in [4.69, 9.17) is 11.5 Å². The highest BCUT2D eigenvalue weighted by Crippen LogP contribution is 2.22. The molecule has 19 heavy (non-hydrogen) atoms. The maximum absolute atomic E-state index is 11.4. The molecule has 3 rings (SSSR count). The Bertz CT molecular complexity index is 776. The smallest absolute Gasteiger partial charge is 0.252 e. The highest BCUT2D eigenvalue weighted by Gasteiger charge is 2.11. The largest absolute Gasteiger partial charge is 0.399 e. The lowest BCUT2D eigenvalue weighted by molar-refractivity contribution is 0.100. The van der Waals surface area contributed by atoms with Crippen LogP contribution in [-0.4, -0.2) is 15.3 Å². The summed E-state index contributed by atoms with van der Waals surface area (Å²) in [6.07, 6.45) is 3.67. The molecule has 0 radical (unpaired) electrons. The van der Waals surface area contributed by atoms with E-state index in [0.29, 0.717) is 16.9 Å². The number of anilines is 1. The van der Waals surface area contributed by atoms with Gasteiger partial charge in [0.1, 0.15) is 5.65 Å². The zero-order valence-corrected chi connectivity index (χ0v) is 10.1. The predicted octanol–water partition coefficient (Wildman–Crippen LogP) is 1.68. The fourth-order valence-electron chi connectivity index (χ4n) is 2.04. The van der Waals surface area contributed by atoms with Crippen molar-refractivity contribution >= 4 is 17.2 Å². The molecule has 0 spiro atoms. The van der Waals surface area contributed by atoms with Crippen molar-refractivity contribution in [2.45, 2.75) is 0 Å². The Morgan fingerprint density at radius 1 is 1.21 bits per heavy atom. The van der Waals surface area contributed by atoms with Crippen LogP contribution in [0, 0.1) is 0 Å². The van der Waals surface area contributed by atoms with E-state index in [9.17, 15) is 4.79 Å². The van der Waals surface area contributed by atoms with Gasteiger partial charge in [0.2, 0.25) is 0 Å². The second kappa shape index (κ2) is 4.13. The first-order valence-electron chi connectivity index (χ1n) is 5.78. The van der Waals surface area contributed by atoms with Gasteiger partial charge in [-0.3, -0.25) is 4.79 Å². The normalized spacial score (nSPS) is 10.7. The molecule has 0 bridgehead atoms. The fraction of sp³-hybridized carbons (Fsp3) is 0. The summed E-state index contributed by atoms with van der Waals surface area (Å²) in [4.78, 5) is 15.8. The number of nitrogens with zero attached hydrogens (tertiary/aromatic N) is 2. The predicted molar refractivity (Wildman–Crippen MR) is 73.6 cm³/mol. The van der Waals surface area contributed by atoms with E-state index >= 15 is 0 Å². The molecule has 0 unspecified atom stereocenters. The molecule has 4 N–H and O–H groups in total. The first-order valence-corrected chi connectivity index (χ1v) is 5.78. The van der Waals surface area contributed by atoms with Crippen LogP contribution in [0.3, 0.4) is 0 Å². The van der Waals surface area contributed by atoms with Crippen LogP contribution in [0.4, 0.5) is 5.69 Å². The maximum Gasteiger partial charge on any atom is 0.252 e. The maximum atomic E-state index is 11.4. The molecule has 0 saturated heterocycles. The number of fused-ring (bicyclic) bond motifs is 1. The van der Waals surface area contributed by atoms with E-state index in [1.807, 2.05) is 36.7 Å². The molecule has 2 heterocycles. The third-order valence-electron chi connectivity index (χ3n) is 2.93. The van der Waals surface area contributed by atoms with E-state index in [1.54, 1.807) is 16.5 Å².